The van der Waals surface area contributed by atoms with Crippen LogP contribution in [0, 0.1) is 25.7 Å². The van der Waals surface area contributed by atoms with Crippen LogP contribution in [-0.4, -0.2) is 90.4 Å². The van der Waals surface area contributed by atoms with E-state index in [1.165, 1.54) is 12.0 Å². The molecule has 6 rings (SSSR count). The Kier molecular flexibility index (Phi) is 12.9. The Morgan fingerprint density at radius 1 is 1.02 bits per heavy atom. The Bertz CT molecular complexity index is 1880. The molecule has 0 aliphatic carbocycles. The Labute approximate surface area is 329 Å². The zero-order valence-electron chi connectivity index (χ0n) is 32.5. The maximum Gasteiger partial charge on any atom is 0.313 e. The maximum absolute atomic E-state index is 15.3. The number of ether oxygens (including phenoxy) is 3. The third-order valence-corrected chi connectivity index (χ3v) is 11.5. The molecule has 3 aromatic carbocycles. The van der Waals surface area contributed by atoms with Gasteiger partial charge in [-0.25, -0.2) is 0 Å². The lowest BCUT2D eigenvalue weighted by Gasteiger charge is -2.40. The van der Waals surface area contributed by atoms with Gasteiger partial charge in [-0.2, -0.15) is 0 Å². The summed E-state index contributed by atoms with van der Waals surface area (Å²) < 4.78 is 18.7. The second-order valence-corrected chi connectivity index (χ2v) is 15.0. The minimum absolute atomic E-state index is 0.0447. The third kappa shape index (κ3) is 7.80. The molecule has 3 amide bonds. The number of hydrogen-bond donors (Lipinski definition) is 2. The number of esters is 1. The number of aliphatic hydroxyl groups excluding tert-OH is 1. The Morgan fingerprint density at radius 3 is 2.32 bits per heavy atom. The highest BCUT2D eigenvalue weighted by molar-refractivity contribution is 6.05. The third-order valence-electron chi connectivity index (χ3n) is 11.5. The lowest BCUT2D eigenvalue weighted by Crippen LogP contribution is -2.59. The second-order valence-electron chi connectivity index (χ2n) is 15.0. The highest BCUT2D eigenvalue weighted by Gasteiger charge is 2.76. The number of nitrogens with zero attached hydrogens (tertiary/aromatic N) is 2. The fraction of sp³-hybridized carbons (Fsp3) is 0.422. The van der Waals surface area contributed by atoms with Crippen molar-refractivity contribution >= 4 is 29.4 Å². The quantitative estimate of drug-likeness (QED) is 0.134. The topological polar surface area (TPSA) is 135 Å². The molecule has 0 aromatic heterocycles. The van der Waals surface area contributed by atoms with E-state index in [4.69, 9.17) is 14.2 Å². The van der Waals surface area contributed by atoms with Gasteiger partial charge in [0.15, 0.2) is 0 Å². The Hall–Kier alpha value is -5.10. The number of allylic oxidation sites excluding steroid dienone is 1. The minimum atomic E-state index is -1.37. The first-order chi connectivity index (χ1) is 27.1. The zero-order chi connectivity index (χ0) is 40.0. The van der Waals surface area contributed by atoms with E-state index in [0.29, 0.717) is 30.5 Å². The van der Waals surface area contributed by atoms with Crippen molar-refractivity contribution in [1.82, 2.24) is 10.2 Å². The molecule has 3 aromatic rings. The van der Waals surface area contributed by atoms with Gasteiger partial charge in [-0.1, -0.05) is 91.0 Å². The van der Waals surface area contributed by atoms with Crippen LogP contribution in [0.4, 0.5) is 5.69 Å². The molecule has 8 atom stereocenters. The van der Waals surface area contributed by atoms with Gasteiger partial charge in [-0.15, -0.1) is 13.2 Å². The van der Waals surface area contributed by atoms with Crippen molar-refractivity contribution in [3.8, 4) is 0 Å². The van der Waals surface area contributed by atoms with E-state index < -0.39 is 66.3 Å². The van der Waals surface area contributed by atoms with Crippen LogP contribution < -0.4 is 10.2 Å². The van der Waals surface area contributed by atoms with E-state index in [0.717, 1.165) is 16.7 Å². The van der Waals surface area contributed by atoms with Crippen LogP contribution in [-0.2, 0) is 39.8 Å². The summed E-state index contributed by atoms with van der Waals surface area (Å²) in [6.45, 7) is 11.3. The van der Waals surface area contributed by atoms with Crippen molar-refractivity contribution in [2.75, 3.05) is 31.8 Å². The molecule has 0 radical (unpaired) electrons. The number of para-hydroxylation sites is 1. The summed E-state index contributed by atoms with van der Waals surface area (Å²) in [5.74, 6) is -3.84. The normalized spacial score (nSPS) is 23.9. The Balaban J connectivity index is 1.41. The monoisotopic (exact) mass is 763 g/mol. The molecule has 3 aliphatic heterocycles. The number of carbonyl (C=O) groups is 4. The van der Waals surface area contributed by atoms with E-state index in [2.05, 4.69) is 18.5 Å². The number of fused-ring (bicyclic) bond motifs is 1. The summed E-state index contributed by atoms with van der Waals surface area (Å²) in [5, 5.41) is 14.0. The zero-order valence-corrected chi connectivity index (χ0v) is 32.5. The number of benzene rings is 3. The molecule has 2 bridgehead atoms. The van der Waals surface area contributed by atoms with Crippen LogP contribution in [0.25, 0.3) is 0 Å². The van der Waals surface area contributed by atoms with Crippen molar-refractivity contribution in [3.63, 3.8) is 0 Å². The minimum Gasteiger partial charge on any atom is -0.455 e. The van der Waals surface area contributed by atoms with Crippen molar-refractivity contribution in [1.29, 1.82) is 0 Å². The van der Waals surface area contributed by atoms with Crippen molar-refractivity contribution in [2.45, 2.75) is 81.9 Å². The smallest absolute Gasteiger partial charge is 0.313 e. The van der Waals surface area contributed by atoms with Crippen molar-refractivity contribution in [2.24, 2.45) is 11.8 Å². The number of methoxy groups -OCH3 is 1. The second kappa shape index (κ2) is 17.8. The molecule has 11 heteroatoms. The van der Waals surface area contributed by atoms with Gasteiger partial charge in [-0.05, 0) is 61.8 Å². The number of rotatable bonds is 18. The van der Waals surface area contributed by atoms with Crippen LogP contribution in [0.1, 0.15) is 54.0 Å². The first-order valence-corrected chi connectivity index (χ1v) is 19.4. The van der Waals surface area contributed by atoms with Crippen LogP contribution in [0.2, 0.25) is 0 Å². The van der Waals surface area contributed by atoms with Gasteiger partial charge in [0.25, 0.3) is 5.91 Å². The van der Waals surface area contributed by atoms with Gasteiger partial charge in [0.2, 0.25) is 11.8 Å². The predicted molar refractivity (Wildman–Crippen MR) is 212 cm³/mol. The maximum atomic E-state index is 15.3. The SMILES string of the molecule is C=CCCC(=O)N[C@H](COC)[C@H](OC(=O)[C@@H]1[C@@H]2CC[C@]3(O2)[C@H](C(=O)N(CC=C)c2c(C)cccc2C)N([C@@H](CO)Cc2ccccc2)C(=O)[C@@H]13)c1ccccc1. The van der Waals surface area contributed by atoms with Crippen LogP contribution in [0.5, 0.6) is 0 Å². The van der Waals surface area contributed by atoms with Gasteiger partial charge in [0.1, 0.15) is 17.7 Å². The fourth-order valence-corrected chi connectivity index (χ4v) is 9.09. The van der Waals surface area contributed by atoms with Gasteiger partial charge >= 0.3 is 5.97 Å². The largest absolute Gasteiger partial charge is 0.455 e. The van der Waals surface area contributed by atoms with Gasteiger partial charge in [0, 0.05) is 25.8 Å². The highest BCUT2D eigenvalue weighted by Crippen LogP contribution is 2.59. The predicted octanol–water partition coefficient (Wildman–Crippen LogP) is 5.18. The first-order valence-electron chi connectivity index (χ1n) is 19.4. The number of aryl methyl sites for hydroxylation is 2. The average molecular weight is 764 g/mol. The summed E-state index contributed by atoms with van der Waals surface area (Å²) in [4.78, 5) is 61.3. The summed E-state index contributed by atoms with van der Waals surface area (Å²) >= 11 is 0. The number of aliphatic hydroxyl groups is 1. The average Bonchev–Trinajstić information content (AvgIpc) is 3.85. The lowest BCUT2D eigenvalue weighted by molar-refractivity contribution is -0.163. The highest BCUT2D eigenvalue weighted by atomic mass is 16.6. The number of amides is 3. The lowest BCUT2D eigenvalue weighted by atomic mass is 9.70. The number of likely N-dealkylation sites (tertiary alicyclic amines) is 1. The number of anilines is 1. The standard InChI is InChI=1S/C45H53N3O8/c1-6-8-22-36(50)46-34(28-54-5)40(32-20-13-10-14-21-32)55-44(53)37-35-23-24-45(56-35)38(37)42(51)48(33(27-49)26-31-18-11-9-12-19-31)41(45)43(52)47(25-7-2)39-29(3)16-15-17-30(39)4/h6-7,9-21,33-35,37-38,40-41,49H,1-2,8,22-28H2,3-5H3,(H,46,50)/t33-,34-,35+,37-,38-,40-,41+,45-/m1/s1. The molecular formula is C45H53N3O8. The molecule has 296 valence electrons. The summed E-state index contributed by atoms with van der Waals surface area (Å²) in [6.07, 6.45) is 3.37. The van der Waals surface area contributed by atoms with Crippen molar-refractivity contribution < 1.29 is 38.5 Å². The molecule has 0 saturated carbocycles. The van der Waals surface area contributed by atoms with Crippen LogP contribution in [0.15, 0.2) is 104 Å². The van der Waals surface area contributed by atoms with E-state index in [1.54, 1.807) is 17.1 Å². The van der Waals surface area contributed by atoms with Crippen LogP contribution in [0.3, 0.4) is 0 Å². The van der Waals surface area contributed by atoms with Gasteiger partial charge in [-0.3, -0.25) is 19.2 Å². The van der Waals surface area contributed by atoms with E-state index >= 15 is 9.59 Å². The fourth-order valence-electron chi connectivity index (χ4n) is 9.09. The first kappa shape index (κ1) is 40.6. The molecule has 3 heterocycles. The number of carbonyl (C=O) groups excluding carboxylic acids is 4. The van der Waals surface area contributed by atoms with E-state index in [9.17, 15) is 14.7 Å². The molecule has 2 N–H and O–H groups in total. The summed E-state index contributed by atoms with van der Waals surface area (Å²) in [6, 6.07) is 21.7. The van der Waals surface area contributed by atoms with Gasteiger partial charge in [0.05, 0.1) is 43.2 Å². The summed E-state index contributed by atoms with van der Waals surface area (Å²) in [7, 11) is 1.50. The van der Waals surface area contributed by atoms with E-state index in [1.807, 2.05) is 92.7 Å². The van der Waals surface area contributed by atoms with Gasteiger partial charge < -0.3 is 34.4 Å². The molecule has 3 fully saturated rings. The molecule has 3 saturated heterocycles. The molecule has 56 heavy (non-hydrogen) atoms. The molecule has 3 aliphatic rings. The Morgan fingerprint density at radius 2 is 1.70 bits per heavy atom. The molecule has 11 nitrogen and oxygen atoms in total. The van der Waals surface area contributed by atoms with Crippen molar-refractivity contribution in [3.05, 3.63) is 126 Å². The number of nitrogens with one attached hydrogen (secondary N) is 1. The van der Waals surface area contributed by atoms with E-state index in [-0.39, 0.29) is 37.8 Å². The molecular weight excluding hydrogens is 711 g/mol. The summed E-state index contributed by atoms with van der Waals surface area (Å²) in [5.41, 5.74) is 2.61. The molecule has 0 unspecified atom stereocenters. The number of hydrogen-bond acceptors (Lipinski definition) is 8. The van der Waals surface area contributed by atoms with Crippen LogP contribution >= 0.6 is 0 Å². The molecule has 1 spiro atoms.